The molecule has 0 unspecified atom stereocenters. The Morgan fingerprint density at radius 2 is 2.00 bits per heavy atom. The Labute approximate surface area is 102 Å². The van der Waals surface area contributed by atoms with Crippen LogP contribution in [0.5, 0.6) is 0 Å². The van der Waals surface area contributed by atoms with Crippen LogP contribution in [0.3, 0.4) is 0 Å². The molecule has 1 N–H and O–H groups in total. The van der Waals surface area contributed by atoms with Crippen LogP contribution in [0.4, 0.5) is 14.5 Å². The van der Waals surface area contributed by atoms with Crippen LogP contribution in [0.2, 0.25) is 5.02 Å². The van der Waals surface area contributed by atoms with Gasteiger partial charge in [-0.1, -0.05) is 17.7 Å². The maximum atomic E-state index is 12.9. The van der Waals surface area contributed by atoms with E-state index in [4.69, 9.17) is 11.6 Å². The molecule has 1 aromatic carbocycles. The number of pyridine rings is 1. The average Bonchev–Trinajstić information content (AvgIpc) is 2.32. The molecule has 0 aliphatic carbocycles. The molecule has 1 aromatic heterocycles. The van der Waals surface area contributed by atoms with Crippen LogP contribution in [-0.2, 0) is 6.54 Å². The highest BCUT2D eigenvalue weighted by Crippen LogP contribution is 2.20. The molecule has 2 aromatic rings. The molecule has 0 bridgehead atoms. The van der Waals surface area contributed by atoms with E-state index in [1.165, 1.54) is 6.07 Å². The molecule has 0 amide bonds. The van der Waals surface area contributed by atoms with Gasteiger partial charge in [-0.15, -0.1) is 0 Å². The van der Waals surface area contributed by atoms with Crippen LogP contribution in [0.1, 0.15) is 5.56 Å². The standard InChI is InChI=1S/C12H9ClF2N2/c13-9-3-4-16-7-12(9)17-6-8-1-2-10(14)11(15)5-8/h1-5,7,17H,6H2. The number of anilines is 1. The zero-order valence-electron chi connectivity index (χ0n) is 8.75. The van der Waals surface area contributed by atoms with Crippen molar-refractivity contribution < 1.29 is 8.78 Å². The summed E-state index contributed by atoms with van der Waals surface area (Å²) in [6.07, 6.45) is 3.15. The van der Waals surface area contributed by atoms with Crippen molar-refractivity contribution in [3.63, 3.8) is 0 Å². The quantitative estimate of drug-likeness (QED) is 0.905. The van der Waals surface area contributed by atoms with Crippen LogP contribution in [0.25, 0.3) is 0 Å². The van der Waals surface area contributed by atoms with Crippen molar-refractivity contribution >= 4 is 17.3 Å². The van der Waals surface area contributed by atoms with Crippen LogP contribution in [0.15, 0.2) is 36.7 Å². The van der Waals surface area contributed by atoms with Gasteiger partial charge in [0, 0.05) is 12.7 Å². The summed E-state index contributed by atoms with van der Waals surface area (Å²) in [5.41, 5.74) is 1.28. The van der Waals surface area contributed by atoms with E-state index in [2.05, 4.69) is 10.3 Å². The number of rotatable bonds is 3. The van der Waals surface area contributed by atoms with E-state index >= 15 is 0 Å². The zero-order chi connectivity index (χ0) is 12.3. The molecule has 0 saturated carbocycles. The third-order valence-electron chi connectivity index (χ3n) is 2.23. The molecular formula is C12H9ClF2N2. The van der Waals surface area contributed by atoms with Crippen LogP contribution in [-0.4, -0.2) is 4.98 Å². The molecule has 0 radical (unpaired) electrons. The van der Waals surface area contributed by atoms with Gasteiger partial charge in [-0.3, -0.25) is 4.98 Å². The van der Waals surface area contributed by atoms with E-state index in [1.807, 2.05) is 0 Å². The summed E-state index contributed by atoms with van der Waals surface area (Å²) < 4.78 is 25.6. The van der Waals surface area contributed by atoms with Gasteiger partial charge in [0.1, 0.15) is 0 Å². The maximum absolute atomic E-state index is 12.9. The summed E-state index contributed by atoms with van der Waals surface area (Å²) in [5, 5.41) is 3.52. The van der Waals surface area contributed by atoms with Crippen molar-refractivity contribution in [1.29, 1.82) is 0 Å². The lowest BCUT2D eigenvalue weighted by molar-refractivity contribution is 0.507. The minimum atomic E-state index is -0.860. The molecule has 5 heteroatoms. The van der Waals surface area contributed by atoms with E-state index in [0.717, 1.165) is 12.1 Å². The fraction of sp³-hybridized carbons (Fsp3) is 0.0833. The molecule has 2 nitrogen and oxygen atoms in total. The molecule has 0 aliphatic rings. The number of hydrogen-bond acceptors (Lipinski definition) is 2. The Balaban J connectivity index is 2.08. The third kappa shape index (κ3) is 2.91. The second-order valence-corrected chi connectivity index (χ2v) is 3.86. The molecule has 2 rings (SSSR count). The topological polar surface area (TPSA) is 24.9 Å². The monoisotopic (exact) mass is 254 g/mol. The van der Waals surface area contributed by atoms with Gasteiger partial charge < -0.3 is 5.32 Å². The summed E-state index contributed by atoms with van der Waals surface area (Å²) in [4.78, 5) is 3.91. The van der Waals surface area contributed by atoms with Gasteiger partial charge in [-0.25, -0.2) is 8.78 Å². The first-order valence-corrected chi connectivity index (χ1v) is 5.32. The summed E-state index contributed by atoms with van der Waals surface area (Å²) in [6, 6.07) is 5.40. The van der Waals surface area contributed by atoms with Gasteiger partial charge in [0.05, 0.1) is 16.9 Å². The first kappa shape index (κ1) is 11.8. The lowest BCUT2D eigenvalue weighted by Gasteiger charge is -2.07. The fourth-order valence-corrected chi connectivity index (χ4v) is 1.53. The minimum absolute atomic E-state index is 0.350. The average molecular weight is 255 g/mol. The Bertz CT molecular complexity index is 532. The number of aromatic nitrogens is 1. The zero-order valence-corrected chi connectivity index (χ0v) is 9.51. The smallest absolute Gasteiger partial charge is 0.159 e. The number of nitrogens with one attached hydrogen (secondary N) is 1. The Hall–Kier alpha value is -1.68. The predicted molar refractivity (Wildman–Crippen MR) is 62.9 cm³/mol. The second-order valence-electron chi connectivity index (χ2n) is 3.46. The van der Waals surface area contributed by atoms with Gasteiger partial charge >= 0.3 is 0 Å². The van der Waals surface area contributed by atoms with Crippen LogP contribution in [0, 0.1) is 11.6 Å². The molecule has 1 heterocycles. The highest BCUT2D eigenvalue weighted by molar-refractivity contribution is 6.33. The highest BCUT2D eigenvalue weighted by Gasteiger charge is 2.03. The molecule has 0 fully saturated rings. The number of nitrogens with zero attached hydrogens (tertiary/aromatic N) is 1. The van der Waals surface area contributed by atoms with E-state index in [0.29, 0.717) is 22.8 Å². The summed E-state index contributed by atoms with van der Waals surface area (Å²) >= 11 is 5.91. The first-order chi connectivity index (χ1) is 8.16. The van der Waals surface area contributed by atoms with E-state index in [9.17, 15) is 8.78 Å². The SMILES string of the molecule is Fc1ccc(CNc2cnccc2Cl)cc1F. The largest absolute Gasteiger partial charge is 0.379 e. The third-order valence-corrected chi connectivity index (χ3v) is 2.56. The summed E-state index contributed by atoms with van der Waals surface area (Å²) in [5.74, 6) is -1.71. The number of hydrogen-bond donors (Lipinski definition) is 1. The van der Waals surface area contributed by atoms with Crippen LogP contribution >= 0.6 is 11.6 Å². The van der Waals surface area contributed by atoms with Crippen molar-refractivity contribution in [3.8, 4) is 0 Å². The summed E-state index contributed by atoms with van der Waals surface area (Å²) in [7, 11) is 0. The van der Waals surface area contributed by atoms with Gasteiger partial charge in [-0.05, 0) is 23.8 Å². The van der Waals surface area contributed by atoms with Gasteiger partial charge in [0.25, 0.3) is 0 Å². The van der Waals surface area contributed by atoms with Gasteiger partial charge in [0.15, 0.2) is 11.6 Å². The van der Waals surface area contributed by atoms with Crippen molar-refractivity contribution in [2.24, 2.45) is 0 Å². The molecular weight excluding hydrogens is 246 g/mol. The number of benzene rings is 1. The van der Waals surface area contributed by atoms with Crippen molar-refractivity contribution in [2.75, 3.05) is 5.32 Å². The lowest BCUT2D eigenvalue weighted by Crippen LogP contribution is -2.01. The van der Waals surface area contributed by atoms with Gasteiger partial charge in [0.2, 0.25) is 0 Å². The Morgan fingerprint density at radius 1 is 1.18 bits per heavy atom. The van der Waals surface area contributed by atoms with Crippen LogP contribution < -0.4 is 5.32 Å². The van der Waals surface area contributed by atoms with Crippen molar-refractivity contribution in [1.82, 2.24) is 4.98 Å². The molecule has 0 atom stereocenters. The normalized spacial score (nSPS) is 10.3. The predicted octanol–water partition coefficient (Wildman–Crippen LogP) is 3.63. The molecule has 0 aliphatic heterocycles. The Kier molecular flexibility index (Phi) is 3.54. The molecule has 88 valence electrons. The van der Waals surface area contributed by atoms with E-state index < -0.39 is 11.6 Å². The van der Waals surface area contributed by atoms with Gasteiger partial charge in [-0.2, -0.15) is 0 Å². The number of halogens is 3. The lowest BCUT2D eigenvalue weighted by atomic mass is 10.2. The maximum Gasteiger partial charge on any atom is 0.159 e. The minimum Gasteiger partial charge on any atom is -0.379 e. The molecule has 0 saturated heterocycles. The summed E-state index contributed by atoms with van der Waals surface area (Å²) in [6.45, 7) is 0.350. The molecule has 17 heavy (non-hydrogen) atoms. The molecule has 0 spiro atoms. The van der Waals surface area contributed by atoms with E-state index in [-0.39, 0.29) is 0 Å². The Morgan fingerprint density at radius 3 is 2.71 bits per heavy atom. The van der Waals surface area contributed by atoms with Crippen molar-refractivity contribution in [2.45, 2.75) is 6.54 Å². The van der Waals surface area contributed by atoms with E-state index in [1.54, 1.807) is 18.5 Å². The second kappa shape index (κ2) is 5.10. The first-order valence-electron chi connectivity index (χ1n) is 4.94. The fourth-order valence-electron chi connectivity index (χ4n) is 1.35. The highest BCUT2D eigenvalue weighted by atomic mass is 35.5. The van der Waals surface area contributed by atoms with Crippen molar-refractivity contribution in [3.05, 3.63) is 58.9 Å².